The van der Waals surface area contributed by atoms with Gasteiger partial charge in [0.15, 0.2) is 16.7 Å². The van der Waals surface area contributed by atoms with E-state index in [4.69, 9.17) is 14.6 Å². The van der Waals surface area contributed by atoms with E-state index in [1.807, 2.05) is 12.1 Å². The maximum absolute atomic E-state index is 12.6. The van der Waals surface area contributed by atoms with Crippen molar-refractivity contribution in [3.8, 4) is 11.5 Å². The largest absolute Gasteiger partial charge is 0.493 e. The summed E-state index contributed by atoms with van der Waals surface area (Å²) in [6.07, 6.45) is 1.72. The fourth-order valence-electron chi connectivity index (χ4n) is 2.64. The Hall–Kier alpha value is -3.26. The number of carbonyl (C=O) groups is 2. The molecule has 3 rings (SSSR count). The van der Waals surface area contributed by atoms with E-state index in [1.165, 1.54) is 35.9 Å². The molecule has 7 nitrogen and oxygen atoms in total. The first-order valence-corrected chi connectivity index (χ1v) is 9.07. The maximum atomic E-state index is 12.6. The smallest absolute Gasteiger partial charge is 0.335 e. The molecule has 1 saturated heterocycles. The standard InChI is InChI=1S/C20H18N2O5S/c1-22-18(23)16(11-12-6-5-9-15(26-2)17(12)27-3)28-20(22)21-14-8-4-7-13(10-14)19(24)25/h4-11H,1-3H3,(H,24,25)/b16-11+,21-20?. The monoisotopic (exact) mass is 398 g/mol. The van der Waals surface area contributed by atoms with Crippen LogP contribution in [0.5, 0.6) is 11.5 Å². The fourth-order valence-corrected chi connectivity index (χ4v) is 3.62. The van der Waals surface area contributed by atoms with Crippen LogP contribution >= 0.6 is 11.8 Å². The zero-order valence-electron chi connectivity index (χ0n) is 15.5. The third kappa shape index (κ3) is 3.86. The number of benzene rings is 2. The molecule has 28 heavy (non-hydrogen) atoms. The van der Waals surface area contributed by atoms with E-state index in [0.717, 1.165) is 0 Å². The number of rotatable bonds is 5. The Labute approximate surface area is 166 Å². The van der Waals surface area contributed by atoms with Gasteiger partial charge in [0.1, 0.15) is 0 Å². The van der Waals surface area contributed by atoms with Gasteiger partial charge in [0, 0.05) is 12.6 Å². The number of nitrogens with zero attached hydrogens (tertiary/aromatic N) is 2. The molecule has 0 radical (unpaired) electrons. The molecule has 1 aliphatic rings. The number of hydrogen-bond acceptors (Lipinski definition) is 6. The lowest BCUT2D eigenvalue weighted by Gasteiger charge is -2.10. The molecule has 0 atom stereocenters. The molecule has 2 aromatic rings. The number of hydrogen-bond donors (Lipinski definition) is 1. The van der Waals surface area contributed by atoms with Crippen molar-refractivity contribution in [1.29, 1.82) is 0 Å². The third-order valence-electron chi connectivity index (χ3n) is 4.04. The van der Waals surface area contributed by atoms with E-state index < -0.39 is 5.97 Å². The zero-order chi connectivity index (χ0) is 20.3. The van der Waals surface area contributed by atoms with Crippen molar-refractivity contribution in [2.75, 3.05) is 21.3 Å². The van der Waals surface area contributed by atoms with Gasteiger partial charge in [-0.05, 0) is 42.1 Å². The van der Waals surface area contributed by atoms with Crippen molar-refractivity contribution in [2.24, 2.45) is 4.99 Å². The third-order valence-corrected chi connectivity index (χ3v) is 5.10. The van der Waals surface area contributed by atoms with Gasteiger partial charge in [-0.3, -0.25) is 9.69 Å². The van der Waals surface area contributed by atoms with Crippen LogP contribution in [0.15, 0.2) is 52.4 Å². The Morgan fingerprint density at radius 2 is 1.93 bits per heavy atom. The predicted octanol–water partition coefficient (Wildman–Crippen LogP) is 3.64. The van der Waals surface area contributed by atoms with Gasteiger partial charge in [-0.1, -0.05) is 18.2 Å². The second-order valence-electron chi connectivity index (χ2n) is 5.81. The summed E-state index contributed by atoms with van der Waals surface area (Å²) in [5.74, 6) is -0.132. The van der Waals surface area contributed by atoms with Crippen LogP contribution in [0.3, 0.4) is 0 Å². The second kappa shape index (κ2) is 8.18. The Morgan fingerprint density at radius 3 is 2.61 bits per heavy atom. The van der Waals surface area contributed by atoms with Gasteiger partial charge in [-0.2, -0.15) is 0 Å². The summed E-state index contributed by atoms with van der Waals surface area (Å²) in [4.78, 5) is 30.1. The summed E-state index contributed by atoms with van der Waals surface area (Å²) in [5.41, 5.74) is 1.30. The summed E-state index contributed by atoms with van der Waals surface area (Å²) in [6.45, 7) is 0. The van der Waals surface area contributed by atoms with Crippen LogP contribution in [0.25, 0.3) is 6.08 Å². The number of carbonyl (C=O) groups excluding carboxylic acids is 1. The Morgan fingerprint density at radius 1 is 1.18 bits per heavy atom. The van der Waals surface area contributed by atoms with Crippen molar-refractivity contribution >= 4 is 40.6 Å². The van der Waals surface area contributed by atoms with Crippen LogP contribution in [-0.4, -0.2) is 48.3 Å². The van der Waals surface area contributed by atoms with Gasteiger partial charge in [0.05, 0.1) is 30.4 Å². The van der Waals surface area contributed by atoms with Gasteiger partial charge in [-0.15, -0.1) is 0 Å². The van der Waals surface area contributed by atoms with Crippen LogP contribution in [0.2, 0.25) is 0 Å². The van der Waals surface area contributed by atoms with E-state index in [2.05, 4.69) is 4.99 Å². The van der Waals surface area contributed by atoms with E-state index in [9.17, 15) is 9.59 Å². The summed E-state index contributed by atoms with van der Waals surface area (Å²) < 4.78 is 10.7. The average Bonchev–Trinajstić information content (AvgIpc) is 2.95. The molecule has 0 bridgehead atoms. The second-order valence-corrected chi connectivity index (χ2v) is 6.82. The number of para-hydroxylation sites is 1. The maximum Gasteiger partial charge on any atom is 0.335 e. The number of methoxy groups -OCH3 is 2. The quantitative estimate of drug-likeness (QED) is 0.774. The number of amides is 1. The number of amidine groups is 1. The van der Waals surface area contributed by atoms with E-state index >= 15 is 0 Å². The van der Waals surface area contributed by atoms with Crippen LogP contribution < -0.4 is 9.47 Å². The average molecular weight is 398 g/mol. The molecule has 8 heteroatoms. The van der Waals surface area contributed by atoms with Crippen molar-refractivity contribution in [1.82, 2.24) is 4.90 Å². The van der Waals surface area contributed by atoms with E-state index in [-0.39, 0.29) is 11.5 Å². The molecule has 1 heterocycles. The van der Waals surface area contributed by atoms with Gasteiger partial charge < -0.3 is 14.6 Å². The molecule has 0 aromatic heterocycles. The summed E-state index contributed by atoms with van der Waals surface area (Å²) in [6, 6.07) is 11.7. The minimum atomic E-state index is -1.03. The van der Waals surface area contributed by atoms with Gasteiger partial charge in [-0.25, -0.2) is 9.79 Å². The van der Waals surface area contributed by atoms with Gasteiger partial charge in [0.25, 0.3) is 5.91 Å². The summed E-state index contributed by atoms with van der Waals surface area (Å²) >= 11 is 1.21. The molecule has 0 aliphatic carbocycles. The lowest BCUT2D eigenvalue weighted by molar-refractivity contribution is -0.121. The predicted molar refractivity (Wildman–Crippen MR) is 108 cm³/mol. The zero-order valence-corrected chi connectivity index (χ0v) is 16.3. The number of aromatic carboxylic acids is 1. The molecule has 0 saturated carbocycles. The molecule has 1 fully saturated rings. The first kappa shape index (κ1) is 19.5. The van der Waals surface area contributed by atoms with E-state index in [1.54, 1.807) is 38.4 Å². The van der Waals surface area contributed by atoms with Gasteiger partial charge in [0.2, 0.25) is 0 Å². The first-order valence-electron chi connectivity index (χ1n) is 8.25. The molecule has 2 aromatic carbocycles. The number of carboxylic acid groups (broad SMARTS) is 1. The summed E-state index contributed by atoms with van der Waals surface area (Å²) in [5, 5.41) is 9.57. The van der Waals surface area contributed by atoms with E-state index in [0.29, 0.717) is 32.8 Å². The molecule has 1 amide bonds. The lowest BCUT2D eigenvalue weighted by atomic mass is 10.1. The highest BCUT2D eigenvalue weighted by Gasteiger charge is 2.30. The Kier molecular flexibility index (Phi) is 5.70. The van der Waals surface area contributed by atoms with Crippen LogP contribution in [0.4, 0.5) is 5.69 Å². The normalized spacial score (nSPS) is 16.7. The highest BCUT2D eigenvalue weighted by Crippen LogP contribution is 2.37. The Bertz CT molecular complexity index is 1000. The molecule has 0 spiro atoms. The molecular formula is C20H18N2O5S. The Balaban J connectivity index is 1.95. The number of carboxylic acids is 1. The molecule has 0 unspecified atom stereocenters. The van der Waals surface area contributed by atoms with Crippen LogP contribution in [-0.2, 0) is 4.79 Å². The SMILES string of the molecule is COc1cccc(/C=C2/SC(=Nc3cccc(C(=O)O)c3)N(C)C2=O)c1OC. The van der Waals surface area contributed by atoms with Crippen LogP contribution in [0.1, 0.15) is 15.9 Å². The van der Waals surface area contributed by atoms with Crippen LogP contribution in [0, 0.1) is 0 Å². The van der Waals surface area contributed by atoms with Crippen molar-refractivity contribution in [2.45, 2.75) is 0 Å². The topological polar surface area (TPSA) is 88.4 Å². The first-order chi connectivity index (χ1) is 13.4. The van der Waals surface area contributed by atoms with Gasteiger partial charge >= 0.3 is 5.97 Å². The number of likely N-dealkylation sites (N-methyl/N-ethyl adjacent to an activating group) is 1. The fraction of sp³-hybridized carbons (Fsp3) is 0.150. The molecular weight excluding hydrogens is 380 g/mol. The number of thioether (sulfide) groups is 1. The summed E-state index contributed by atoms with van der Waals surface area (Å²) in [7, 11) is 4.71. The number of ether oxygens (including phenoxy) is 2. The highest BCUT2D eigenvalue weighted by atomic mass is 32.2. The highest BCUT2D eigenvalue weighted by molar-refractivity contribution is 8.18. The minimum Gasteiger partial charge on any atom is -0.493 e. The molecule has 144 valence electrons. The minimum absolute atomic E-state index is 0.135. The van der Waals surface area contributed by atoms with Crippen molar-refractivity contribution in [3.63, 3.8) is 0 Å². The van der Waals surface area contributed by atoms with Crippen molar-refractivity contribution < 1.29 is 24.2 Å². The molecule has 1 N–H and O–H groups in total. The molecule has 1 aliphatic heterocycles. The van der Waals surface area contributed by atoms with Crippen molar-refractivity contribution in [3.05, 3.63) is 58.5 Å². The number of aliphatic imine (C=N–C) groups is 1. The lowest BCUT2D eigenvalue weighted by Crippen LogP contribution is -2.23.